The molecule has 3 heterocycles. The second-order valence-corrected chi connectivity index (χ2v) is 14.0. The summed E-state index contributed by atoms with van der Waals surface area (Å²) in [5.41, 5.74) is 0.0586. The van der Waals surface area contributed by atoms with Gasteiger partial charge in [-0.25, -0.2) is 24.0 Å². The van der Waals surface area contributed by atoms with Crippen LogP contribution in [0.5, 0.6) is 0 Å². The average molecular weight is 648 g/mol. The molecule has 5 rings (SSSR count). The predicted molar refractivity (Wildman–Crippen MR) is 172 cm³/mol. The molecule has 12 nitrogen and oxygen atoms in total. The lowest BCUT2D eigenvalue weighted by Crippen LogP contribution is -2.47. The molecule has 0 bridgehead atoms. The van der Waals surface area contributed by atoms with Gasteiger partial charge in [0.15, 0.2) is 11.1 Å². The Morgan fingerprint density at radius 2 is 1.74 bits per heavy atom. The van der Waals surface area contributed by atoms with Gasteiger partial charge in [0.05, 0.1) is 30.7 Å². The van der Waals surface area contributed by atoms with E-state index in [4.69, 9.17) is 24.3 Å². The number of hydrogen-bond acceptors (Lipinski definition) is 9. The summed E-state index contributed by atoms with van der Waals surface area (Å²) in [6, 6.07) is 12.0. The molecule has 0 radical (unpaired) electrons. The Morgan fingerprint density at radius 3 is 2.40 bits per heavy atom. The Labute approximate surface area is 275 Å². The molecule has 3 atom stereocenters. The van der Waals surface area contributed by atoms with Gasteiger partial charge >= 0.3 is 18.2 Å². The molecule has 1 unspecified atom stereocenters. The molecule has 0 spiro atoms. The summed E-state index contributed by atoms with van der Waals surface area (Å²) < 4.78 is 17.7. The molecule has 2 aliphatic rings. The molecular weight excluding hydrogens is 602 g/mol. The van der Waals surface area contributed by atoms with E-state index in [9.17, 15) is 19.2 Å². The van der Waals surface area contributed by atoms with Crippen LogP contribution < -0.4 is 5.32 Å². The Balaban J connectivity index is 1.39. The van der Waals surface area contributed by atoms with Gasteiger partial charge < -0.3 is 19.5 Å². The van der Waals surface area contributed by atoms with Crippen molar-refractivity contribution < 1.29 is 33.4 Å². The first-order valence-corrected chi connectivity index (χ1v) is 16.3. The van der Waals surface area contributed by atoms with Crippen molar-refractivity contribution in [2.24, 2.45) is 17.3 Å². The van der Waals surface area contributed by atoms with Crippen molar-refractivity contribution >= 4 is 29.7 Å². The highest BCUT2D eigenvalue weighted by Crippen LogP contribution is 2.41. The van der Waals surface area contributed by atoms with Gasteiger partial charge in [-0.05, 0) is 76.5 Å². The number of benzene rings is 1. The van der Waals surface area contributed by atoms with Crippen LogP contribution in [-0.2, 0) is 36.8 Å². The second kappa shape index (κ2) is 13.7. The van der Waals surface area contributed by atoms with Crippen LogP contribution in [0.15, 0.2) is 48.7 Å². The summed E-state index contributed by atoms with van der Waals surface area (Å²) in [5.74, 6) is -0.627. The standard InChI is InChI=1S/C35H45N5O7/c1-22-12-14-25(15-13-22)29(37-32(43)46-21-24-10-8-7-9-11-24)27-20-39-28(36-27)17-16-26(38-39)19-35(31(42)45-6)18-23(2)40(30(35)41)33(44)47-34(3,4)5/h7-11,16-17,20,22-23,25,29H,12-15,18-19,21H2,1-6H3,(H,37,43)/t22?,23-,25?,29+,35?/m1/s1. The van der Waals surface area contributed by atoms with Gasteiger partial charge in [0.1, 0.15) is 12.2 Å². The van der Waals surface area contributed by atoms with E-state index < -0.39 is 47.2 Å². The van der Waals surface area contributed by atoms with Crippen molar-refractivity contribution in [2.45, 2.75) is 97.4 Å². The van der Waals surface area contributed by atoms with Gasteiger partial charge in [-0.15, -0.1) is 0 Å². The fourth-order valence-corrected chi connectivity index (χ4v) is 6.71. The molecule has 2 aromatic heterocycles. The molecule has 252 valence electrons. The zero-order chi connectivity index (χ0) is 33.9. The van der Waals surface area contributed by atoms with Gasteiger partial charge in [-0.2, -0.15) is 5.10 Å². The Morgan fingerprint density at radius 1 is 1.04 bits per heavy atom. The molecule has 2 fully saturated rings. The summed E-state index contributed by atoms with van der Waals surface area (Å²) in [4.78, 5) is 58.8. The van der Waals surface area contributed by atoms with E-state index in [1.54, 1.807) is 50.5 Å². The zero-order valence-electron chi connectivity index (χ0n) is 28.0. The third kappa shape index (κ3) is 7.58. The van der Waals surface area contributed by atoms with E-state index in [1.165, 1.54) is 7.11 Å². The van der Waals surface area contributed by atoms with E-state index in [-0.39, 0.29) is 25.4 Å². The molecule has 1 aliphatic heterocycles. The topological polar surface area (TPSA) is 141 Å². The number of ether oxygens (including phenoxy) is 3. The molecule has 3 amide bonds. The van der Waals surface area contributed by atoms with E-state index in [0.29, 0.717) is 23.0 Å². The number of hydrogen-bond donors (Lipinski definition) is 1. The molecule has 1 aromatic carbocycles. The number of fused-ring (bicyclic) bond motifs is 1. The average Bonchev–Trinajstić information content (AvgIpc) is 3.56. The maximum Gasteiger partial charge on any atom is 0.417 e. The van der Waals surface area contributed by atoms with E-state index in [1.807, 2.05) is 30.3 Å². The lowest BCUT2D eigenvalue weighted by molar-refractivity contribution is -0.158. The number of carbonyl (C=O) groups excluding carboxylic acids is 4. The number of esters is 1. The van der Waals surface area contributed by atoms with Crippen molar-refractivity contribution in [3.8, 4) is 0 Å². The minimum atomic E-state index is -1.65. The van der Waals surface area contributed by atoms with Crippen LogP contribution in [0.3, 0.4) is 0 Å². The third-order valence-corrected chi connectivity index (χ3v) is 9.09. The first-order chi connectivity index (χ1) is 22.3. The van der Waals surface area contributed by atoms with E-state index in [0.717, 1.165) is 36.1 Å². The fourth-order valence-electron chi connectivity index (χ4n) is 6.71. The first kappa shape index (κ1) is 33.9. The highest BCUT2D eigenvalue weighted by molar-refractivity contribution is 6.09. The number of aromatic nitrogens is 3. The summed E-state index contributed by atoms with van der Waals surface area (Å²) in [6.07, 6.45) is 4.41. The quantitative estimate of drug-likeness (QED) is 0.183. The summed E-state index contributed by atoms with van der Waals surface area (Å²) in [5, 5.41) is 7.79. The SMILES string of the molecule is COC(=O)C1(Cc2ccc3nc([C@@H](NC(=O)OCc4ccccc4)C4CCC(C)CC4)cn3n2)C[C@@H](C)N(C(=O)OC(C)(C)C)C1=O. The van der Waals surface area contributed by atoms with Crippen LogP contribution in [0.1, 0.15) is 89.7 Å². The number of likely N-dealkylation sites (tertiary alicyclic amines) is 1. The molecule has 3 aromatic rings. The van der Waals surface area contributed by atoms with Crippen molar-refractivity contribution in [3.63, 3.8) is 0 Å². The van der Waals surface area contributed by atoms with E-state index >= 15 is 0 Å². The van der Waals surface area contributed by atoms with Crippen LogP contribution in [0.25, 0.3) is 5.65 Å². The smallest absolute Gasteiger partial charge is 0.417 e. The number of imide groups is 1. The van der Waals surface area contributed by atoms with Gasteiger partial charge in [0.25, 0.3) is 0 Å². The summed E-state index contributed by atoms with van der Waals surface area (Å²) >= 11 is 0. The van der Waals surface area contributed by atoms with Gasteiger partial charge in [0.2, 0.25) is 5.91 Å². The fraction of sp³-hybridized carbons (Fsp3) is 0.543. The van der Waals surface area contributed by atoms with Gasteiger partial charge in [-0.1, -0.05) is 50.1 Å². The van der Waals surface area contributed by atoms with Gasteiger partial charge in [-0.3, -0.25) is 9.59 Å². The van der Waals surface area contributed by atoms with Gasteiger partial charge in [0, 0.05) is 12.5 Å². The van der Waals surface area contributed by atoms with Crippen LogP contribution >= 0.6 is 0 Å². The van der Waals surface area contributed by atoms with Crippen LogP contribution in [-0.4, -0.2) is 62.3 Å². The Bertz CT molecular complexity index is 1610. The minimum Gasteiger partial charge on any atom is -0.468 e. The first-order valence-electron chi connectivity index (χ1n) is 16.3. The minimum absolute atomic E-state index is 0.0594. The van der Waals surface area contributed by atoms with Crippen molar-refractivity contribution in [1.29, 1.82) is 0 Å². The van der Waals surface area contributed by atoms with Crippen molar-refractivity contribution in [3.05, 3.63) is 65.6 Å². The lowest BCUT2D eigenvalue weighted by atomic mass is 9.78. The molecule has 47 heavy (non-hydrogen) atoms. The highest BCUT2D eigenvalue weighted by Gasteiger charge is 2.59. The number of nitrogens with one attached hydrogen (secondary N) is 1. The predicted octanol–water partition coefficient (Wildman–Crippen LogP) is 5.78. The number of imidazole rings is 1. The molecule has 1 N–H and O–H groups in total. The summed E-state index contributed by atoms with van der Waals surface area (Å²) in [7, 11) is 1.22. The summed E-state index contributed by atoms with van der Waals surface area (Å²) in [6.45, 7) is 9.24. The maximum absolute atomic E-state index is 13.8. The largest absolute Gasteiger partial charge is 0.468 e. The van der Waals surface area contributed by atoms with Crippen molar-refractivity contribution in [1.82, 2.24) is 24.8 Å². The Kier molecular flexibility index (Phi) is 9.88. The number of methoxy groups -OCH3 is 1. The molecular formula is C35H45N5O7. The molecule has 1 saturated carbocycles. The molecule has 1 saturated heterocycles. The zero-order valence-corrected chi connectivity index (χ0v) is 28.0. The number of alkyl carbamates (subject to hydrolysis) is 1. The normalized spacial score (nSPS) is 23.7. The molecule has 12 heteroatoms. The third-order valence-electron chi connectivity index (χ3n) is 9.09. The second-order valence-electron chi connectivity index (χ2n) is 14.0. The van der Waals surface area contributed by atoms with Crippen LogP contribution in [0.2, 0.25) is 0 Å². The van der Waals surface area contributed by atoms with Crippen molar-refractivity contribution in [2.75, 3.05) is 7.11 Å². The number of rotatable bonds is 8. The monoisotopic (exact) mass is 647 g/mol. The maximum atomic E-state index is 13.8. The number of nitrogens with zero attached hydrogens (tertiary/aromatic N) is 4. The van der Waals surface area contributed by atoms with E-state index in [2.05, 4.69) is 12.2 Å². The Hall–Kier alpha value is -4.48. The van der Waals surface area contributed by atoms with Crippen LogP contribution in [0, 0.1) is 17.3 Å². The number of amides is 3. The highest BCUT2D eigenvalue weighted by atomic mass is 16.6. The number of carbonyl (C=O) groups is 4. The molecule has 1 aliphatic carbocycles. The van der Waals surface area contributed by atoms with Crippen LogP contribution in [0.4, 0.5) is 9.59 Å². The lowest BCUT2D eigenvalue weighted by Gasteiger charge is -2.32.